The van der Waals surface area contributed by atoms with Crippen molar-refractivity contribution in [2.45, 2.75) is 43.5 Å². The van der Waals surface area contributed by atoms with E-state index in [0.29, 0.717) is 6.04 Å². The second-order valence-electron chi connectivity index (χ2n) is 5.07. The number of pyridine rings is 1. The van der Waals surface area contributed by atoms with Crippen LogP contribution in [-0.2, 0) is 0 Å². The van der Waals surface area contributed by atoms with Crippen molar-refractivity contribution >= 4 is 11.8 Å². The third kappa shape index (κ3) is 3.84. The molecule has 2 rings (SSSR count). The maximum Gasteiger partial charge on any atom is 0.0571 e. The Morgan fingerprint density at radius 1 is 1.20 bits per heavy atom. The maximum absolute atomic E-state index is 4.56. The first-order valence-electron chi connectivity index (χ1n) is 7.04. The molecular formula is C17H22N2S. The second kappa shape index (κ2) is 6.91. The van der Waals surface area contributed by atoms with Crippen molar-refractivity contribution in [3.8, 4) is 0 Å². The predicted molar refractivity (Wildman–Crippen MR) is 86.4 cm³/mol. The maximum atomic E-state index is 4.56. The van der Waals surface area contributed by atoms with E-state index in [-0.39, 0.29) is 0 Å². The molecule has 1 aromatic carbocycles. The first-order chi connectivity index (χ1) is 9.60. The Balaban J connectivity index is 2.12. The smallest absolute Gasteiger partial charge is 0.0571 e. The monoisotopic (exact) mass is 286 g/mol. The molecule has 1 unspecified atom stereocenters. The van der Waals surface area contributed by atoms with Crippen LogP contribution < -0.4 is 5.32 Å². The highest BCUT2D eigenvalue weighted by atomic mass is 32.2. The Morgan fingerprint density at radius 3 is 2.65 bits per heavy atom. The minimum Gasteiger partial charge on any atom is -0.309 e. The lowest BCUT2D eigenvalue weighted by Crippen LogP contribution is -2.18. The lowest BCUT2D eigenvalue weighted by molar-refractivity contribution is 0.582. The summed E-state index contributed by atoms with van der Waals surface area (Å²) in [6, 6.07) is 11.1. The van der Waals surface area contributed by atoms with Crippen LogP contribution in [0.3, 0.4) is 0 Å². The highest BCUT2D eigenvalue weighted by Crippen LogP contribution is 2.30. The zero-order valence-corrected chi connectivity index (χ0v) is 13.4. The SMILES string of the molecule is CCNC(C)c1ccc(Sc2cc(C)ccc2C)cn1. The fraction of sp³-hybridized carbons (Fsp3) is 0.353. The van der Waals surface area contributed by atoms with Crippen LogP contribution in [0.1, 0.15) is 36.7 Å². The van der Waals surface area contributed by atoms with Gasteiger partial charge in [0.2, 0.25) is 0 Å². The number of nitrogens with one attached hydrogen (secondary N) is 1. The molecule has 0 amide bonds. The van der Waals surface area contributed by atoms with E-state index in [1.165, 1.54) is 20.9 Å². The van der Waals surface area contributed by atoms with E-state index in [9.17, 15) is 0 Å². The molecule has 0 fully saturated rings. The van der Waals surface area contributed by atoms with Crippen LogP contribution in [0.15, 0.2) is 46.3 Å². The fourth-order valence-electron chi connectivity index (χ4n) is 2.06. The number of hydrogen-bond acceptors (Lipinski definition) is 3. The molecule has 3 heteroatoms. The number of hydrogen-bond donors (Lipinski definition) is 1. The standard InChI is InChI=1S/C17H22N2S/c1-5-18-14(4)16-9-8-15(11-19-16)20-17-10-12(2)6-7-13(17)3/h6-11,14,18H,5H2,1-4H3. The van der Waals surface area contributed by atoms with Gasteiger partial charge in [-0.15, -0.1) is 0 Å². The number of rotatable bonds is 5. The molecule has 0 radical (unpaired) electrons. The first kappa shape index (κ1) is 15.1. The normalized spacial score (nSPS) is 12.4. The van der Waals surface area contributed by atoms with E-state index in [0.717, 1.165) is 12.2 Å². The van der Waals surface area contributed by atoms with Crippen molar-refractivity contribution in [3.63, 3.8) is 0 Å². The predicted octanol–water partition coefficient (Wildman–Crippen LogP) is 4.52. The zero-order valence-electron chi connectivity index (χ0n) is 12.6. The van der Waals surface area contributed by atoms with Crippen molar-refractivity contribution in [2.75, 3.05) is 6.54 Å². The van der Waals surface area contributed by atoms with Crippen LogP contribution in [0.25, 0.3) is 0 Å². The van der Waals surface area contributed by atoms with Gasteiger partial charge in [-0.05, 0) is 56.6 Å². The molecule has 2 nitrogen and oxygen atoms in total. The summed E-state index contributed by atoms with van der Waals surface area (Å²) in [4.78, 5) is 7.05. The van der Waals surface area contributed by atoms with E-state index in [1.54, 1.807) is 11.8 Å². The van der Waals surface area contributed by atoms with E-state index in [2.05, 4.69) is 68.3 Å². The van der Waals surface area contributed by atoms with Gasteiger partial charge in [-0.25, -0.2) is 0 Å². The van der Waals surface area contributed by atoms with Crippen molar-refractivity contribution in [1.29, 1.82) is 0 Å². The molecule has 106 valence electrons. The number of aryl methyl sites for hydroxylation is 2. The quantitative estimate of drug-likeness (QED) is 0.874. The summed E-state index contributed by atoms with van der Waals surface area (Å²) < 4.78 is 0. The molecule has 0 spiro atoms. The Bertz CT molecular complexity index is 564. The van der Waals surface area contributed by atoms with E-state index < -0.39 is 0 Å². The van der Waals surface area contributed by atoms with Crippen molar-refractivity contribution in [1.82, 2.24) is 10.3 Å². The number of nitrogens with zero attached hydrogens (tertiary/aromatic N) is 1. The molecular weight excluding hydrogens is 264 g/mol. The third-order valence-corrected chi connectivity index (χ3v) is 4.42. The summed E-state index contributed by atoms with van der Waals surface area (Å²) in [5, 5.41) is 3.38. The van der Waals surface area contributed by atoms with Crippen LogP contribution in [0.2, 0.25) is 0 Å². The van der Waals surface area contributed by atoms with Gasteiger partial charge in [-0.1, -0.05) is 30.8 Å². The summed E-state index contributed by atoms with van der Waals surface area (Å²) in [5.41, 5.74) is 3.70. The highest BCUT2D eigenvalue weighted by Gasteiger charge is 2.06. The van der Waals surface area contributed by atoms with Crippen LogP contribution in [0.4, 0.5) is 0 Å². The van der Waals surface area contributed by atoms with Crippen LogP contribution >= 0.6 is 11.8 Å². The van der Waals surface area contributed by atoms with Crippen molar-refractivity contribution < 1.29 is 0 Å². The molecule has 1 aromatic heterocycles. The lowest BCUT2D eigenvalue weighted by atomic mass is 10.2. The number of aromatic nitrogens is 1. The van der Waals surface area contributed by atoms with E-state index in [1.807, 2.05) is 6.20 Å². The molecule has 0 saturated heterocycles. The number of benzene rings is 1. The Morgan fingerprint density at radius 2 is 2.00 bits per heavy atom. The molecule has 1 heterocycles. The van der Waals surface area contributed by atoms with Crippen LogP contribution in [-0.4, -0.2) is 11.5 Å². The Hall–Kier alpha value is -1.32. The van der Waals surface area contributed by atoms with Crippen LogP contribution in [0.5, 0.6) is 0 Å². The summed E-state index contributed by atoms with van der Waals surface area (Å²) in [5.74, 6) is 0. The average molecular weight is 286 g/mol. The second-order valence-corrected chi connectivity index (χ2v) is 6.18. The summed E-state index contributed by atoms with van der Waals surface area (Å²) in [7, 11) is 0. The molecule has 1 N–H and O–H groups in total. The molecule has 0 saturated carbocycles. The minimum absolute atomic E-state index is 0.305. The lowest BCUT2D eigenvalue weighted by Gasteiger charge is -2.12. The topological polar surface area (TPSA) is 24.9 Å². The highest BCUT2D eigenvalue weighted by molar-refractivity contribution is 7.99. The van der Waals surface area contributed by atoms with Gasteiger partial charge in [0.25, 0.3) is 0 Å². The molecule has 2 aromatic rings. The first-order valence-corrected chi connectivity index (χ1v) is 7.86. The van der Waals surface area contributed by atoms with Gasteiger partial charge in [0, 0.05) is 22.0 Å². The van der Waals surface area contributed by atoms with E-state index >= 15 is 0 Å². The molecule has 20 heavy (non-hydrogen) atoms. The van der Waals surface area contributed by atoms with Gasteiger partial charge in [-0.2, -0.15) is 0 Å². The average Bonchev–Trinajstić information content (AvgIpc) is 2.44. The van der Waals surface area contributed by atoms with Gasteiger partial charge < -0.3 is 5.32 Å². The van der Waals surface area contributed by atoms with Gasteiger partial charge in [-0.3, -0.25) is 4.98 Å². The van der Waals surface area contributed by atoms with Gasteiger partial charge in [0.05, 0.1) is 5.69 Å². The Kier molecular flexibility index (Phi) is 5.21. The minimum atomic E-state index is 0.305. The van der Waals surface area contributed by atoms with Gasteiger partial charge >= 0.3 is 0 Å². The van der Waals surface area contributed by atoms with Gasteiger partial charge in [0.15, 0.2) is 0 Å². The fourth-order valence-corrected chi connectivity index (χ4v) is 3.03. The molecule has 0 bridgehead atoms. The largest absolute Gasteiger partial charge is 0.309 e. The molecule has 0 aliphatic heterocycles. The molecule has 1 atom stereocenters. The molecule has 0 aliphatic carbocycles. The van der Waals surface area contributed by atoms with Crippen molar-refractivity contribution in [3.05, 3.63) is 53.3 Å². The Labute approximate surface area is 126 Å². The summed E-state index contributed by atoms with van der Waals surface area (Å²) in [6.07, 6.45) is 1.97. The van der Waals surface area contributed by atoms with Crippen molar-refractivity contribution in [2.24, 2.45) is 0 Å². The zero-order chi connectivity index (χ0) is 14.5. The van der Waals surface area contributed by atoms with Gasteiger partial charge in [0.1, 0.15) is 0 Å². The van der Waals surface area contributed by atoms with E-state index in [4.69, 9.17) is 0 Å². The summed E-state index contributed by atoms with van der Waals surface area (Å²) >= 11 is 1.78. The van der Waals surface area contributed by atoms with Crippen LogP contribution in [0, 0.1) is 13.8 Å². The summed E-state index contributed by atoms with van der Waals surface area (Å²) in [6.45, 7) is 9.49. The molecule has 0 aliphatic rings. The third-order valence-electron chi connectivity index (χ3n) is 3.28.